The summed E-state index contributed by atoms with van der Waals surface area (Å²) in [5, 5.41) is 0.0289. The van der Waals surface area contributed by atoms with Gasteiger partial charge in [0.2, 0.25) is 0 Å². The molecule has 0 unspecified atom stereocenters. The molecule has 1 aromatic heterocycles. The monoisotopic (exact) mass is 307 g/mol. The smallest absolute Gasteiger partial charge is 0.259 e. The van der Waals surface area contributed by atoms with E-state index in [9.17, 15) is 8.42 Å². The first-order chi connectivity index (χ1) is 10.0. The van der Waals surface area contributed by atoms with Gasteiger partial charge in [-0.15, -0.1) is 0 Å². The van der Waals surface area contributed by atoms with E-state index in [0.29, 0.717) is 13.0 Å². The van der Waals surface area contributed by atoms with Gasteiger partial charge in [0.1, 0.15) is 0 Å². The highest BCUT2D eigenvalue weighted by atomic mass is 32.2. The van der Waals surface area contributed by atoms with E-state index in [-0.39, 0.29) is 17.7 Å². The highest BCUT2D eigenvalue weighted by molar-refractivity contribution is 7.89. The summed E-state index contributed by atoms with van der Waals surface area (Å²) in [6.45, 7) is 0.763. The molecule has 0 radical (unpaired) electrons. The molecule has 3 rings (SSSR count). The molecule has 0 spiro atoms. The van der Waals surface area contributed by atoms with Crippen LogP contribution in [0.2, 0.25) is 0 Å². The van der Waals surface area contributed by atoms with Crippen molar-refractivity contribution in [3.05, 3.63) is 47.9 Å². The minimum Gasteiger partial charge on any atom is -0.372 e. The molecule has 0 bridgehead atoms. The van der Waals surface area contributed by atoms with Gasteiger partial charge in [-0.05, 0) is 11.1 Å². The highest BCUT2D eigenvalue weighted by Gasteiger charge is 2.22. The largest absolute Gasteiger partial charge is 0.372 e. The lowest BCUT2D eigenvalue weighted by molar-refractivity contribution is 0.0322. The van der Waals surface area contributed by atoms with Gasteiger partial charge >= 0.3 is 0 Å². The van der Waals surface area contributed by atoms with Crippen LogP contribution < -0.4 is 4.72 Å². The van der Waals surface area contributed by atoms with Crippen LogP contribution in [-0.4, -0.2) is 30.6 Å². The summed E-state index contributed by atoms with van der Waals surface area (Å²) >= 11 is 0. The van der Waals surface area contributed by atoms with Crippen molar-refractivity contribution in [2.45, 2.75) is 24.2 Å². The molecule has 0 amide bonds. The zero-order valence-corrected chi connectivity index (χ0v) is 12.5. The number of nitrogens with zero attached hydrogens (tertiary/aromatic N) is 2. The molecule has 1 aliphatic heterocycles. The van der Waals surface area contributed by atoms with Crippen molar-refractivity contribution < 1.29 is 13.2 Å². The first-order valence-electron chi connectivity index (χ1n) is 6.70. The SMILES string of the molecule is Cn1cnc(S(=O)(=O)NC[C@H]2Cc3ccccc3CO2)c1. The third-order valence-corrected chi connectivity index (χ3v) is 4.81. The Morgan fingerprint density at radius 2 is 2.14 bits per heavy atom. The molecule has 0 saturated carbocycles. The molecule has 1 aromatic carbocycles. The Balaban J connectivity index is 1.64. The summed E-state index contributed by atoms with van der Waals surface area (Å²) in [5.41, 5.74) is 2.38. The maximum absolute atomic E-state index is 12.1. The minimum atomic E-state index is -3.58. The maximum Gasteiger partial charge on any atom is 0.259 e. The third-order valence-electron chi connectivity index (χ3n) is 3.50. The van der Waals surface area contributed by atoms with E-state index in [1.54, 1.807) is 11.6 Å². The number of benzene rings is 1. The van der Waals surface area contributed by atoms with Crippen molar-refractivity contribution in [2.24, 2.45) is 7.05 Å². The predicted octanol–water partition coefficient (Wildman–Crippen LogP) is 0.840. The van der Waals surface area contributed by atoms with Crippen LogP contribution in [0.4, 0.5) is 0 Å². The number of aromatic nitrogens is 2. The predicted molar refractivity (Wildman–Crippen MR) is 77.1 cm³/mol. The van der Waals surface area contributed by atoms with Crippen molar-refractivity contribution in [1.29, 1.82) is 0 Å². The van der Waals surface area contributed by atoms with Gasteiger partial charge in [-0.25, -0.2) is 18.1 Å². The molecule has 2 aromatic rings. The molecule has 0 aliphatic carbocycles. The number of fused-ring (bicyclic) bond motifs is 1. The second kappa shape index (κ2) is 5.59. The van der Waals surface area contributed by atoms with Crippen LogP contribution in [0.5, 0.6) is 0 Å². The van der Waals surface area contributed by atoms with Crippen LogP contribution in [0.25, 0.3) is 0 Å². The number of nitrogens with one attached hydrogen (secondary N) is 1. The number of hydrogen-bond acceptors (Lipinski definition) is 4. The maximum atomic E-state index is 12.1. The lowest BCUT2D eigenvalue weighted by Crippen LogP contribution is -2.36. The lowest BCUT2D eigenvalue weighted by atomic mass is 9.99. The summed E-state index contributed by atoms with van der Waals surface area (Å²) in [5.74, 6) is 0. The molecule has 1 atom stereocenters. The van der Waals surface area contributed by atoms with Crippen LogP contribution in [0.1, 0.15) is 11.1 Å². The average Bonchev–Trinajstić information content (AvgIpc) is 2.92. The molecule has 6 nitrogen and oxygen atoms in total. The number of rotatable bonds is 4. The highest BCUT2D eigenvalue weighted by Crippen LogP contribution is 2.20. The number of aryl methyl sites for hydroxylation is 1. The van der Waals surface area contributed by atoms with Crippen molar-refractivity contribution in [2.75, 3.05) is 6.54 Å². The topological polar surface area (TPSA) is 73.2 Å². The van der Waals surface area contributed by atoms with Crippen LogP contribution in [0.3, 0.4) is 0 Å². The number of hydrogen-bond donors (Lipinski definition) is 1. The van der Waals surface area contributed by atoms with Gasteiger partial charge in [-0.2, -0.15) is 0 Å². The van der Waals surface area contributed by atoms with E-state index in [2.05, 4.69) is 15.8 Å². The Hall–Kier alpha value is -1.70. The van der Waals surface area contributed by atoms with Gasteiger partial charge < -0.3 is 9.30 Å². The minimum absolute atomic E-state index is 0.0289. The molecule has 1 N–H and O–H groups in total. The van der Waals surface area contributed by atoms with E-state index in [4.69, 9.17) is 4.74 Å². The van der Waals surface area contributed by atoms with E-state index < -0.39 is 10.0 Å². The van der Waals surface area contributed by atoms with Crippen molar-refractivity contribution in [3.63, 3.8) is 0 Å². The van der Waals surface area contributed by atoms with Crippen LogP contribution in [0.15, 0.2) is 41.8 Å². The molecule has 0 fully saturated rings. The summed E-state index contributed by atoms with van der Waals surface area (Å²) in [6.07, 6.45) is 3.49. The Bertz CT molecular complexity index is 739. The quantitative estimate of drug-likeness (QED) is 0.908. The molecule has 112 valence electrons. The van der Waals surface area contributed by atoms with Gasteiger partial charge in [0, 0.05) is 26.2 Å². The summed E-state index contributed by atoms with van der Waals surface area (Å²) in [4.78, 5) is 3.86. The molecular weight excluding hydrogens is 290 g/mol. The molecule has 0 saturated heterocycles. The molecule has 2 heterocycles. The fraction of sp³-hybridized carbons (Fsp3) is 0.357. The van der Waals surface area contributed by atoms with E-state index in [0.717, 1.165) is 0 Å². The molecule has 7 heteroatoms. The third kappa shape index (κ3) is 3.15. The van der Waals surface area contributed by atoms with Gasteiger partial charge in [-0.1, -0.05) is 24.3 Å². The summed E-state index contributed by atoms with van der Waals surface area (Å²) in [6, 6.07) is 8.05. The molecule has 21 heavy (non-hydrogen) atoms. The van der Waals surface area contributed by atoms with E-state index in [1.807, 2.05) is 18.2 Å². The Kier molecular flexibility index (Phi) is 3.79. The average molecular weight is 307 g/mol. The van der Waals surface area contributed by atoms with Gasteiger partial charge in [-0.3, -0.25) is 0 Å². The number of imidazole rings is 1. The Morgan fingerprint density at radius 3 is 2.86 bits per heavy atom. The molecular formula is C14H17N3O3S. The standard InChI is InChI=1S/C14H17N3O3S/c1-17-8-14(15-10-17)21(18,19)16-7-13-6-11-4-2-3-5-12(11)9-20-13/h2-5,8,10,13,16H,6-7,9H2,1H3/t13-/m1/s1. The van der Waals surface area contributed by atoms with Crippen LogP contribution in [0, 0.1) is 0 Å². The zero-order valence-electron chi connectivity index (χ0n) is 11.7. The first kappa shape index (κ1) is 14.2. The first-order valence-corrected chi connectivity index (χ1v) is 8.19. The Labute approximate surface area is 123 Å². The normalized spacial score (nSPS) is 18.4. The second-order valence-electron chi connectivity index (χ2n) is 5.14. The van der Waals surface area contributed by atoms with E-state index in [1.165, 1.54) is 23.7 Å². The van der Waals surface area contributed by atoms with Crippen molar-refractivity contribution >= 4 is 10.0 Å². The second-order valence-corrected chi connectivity index (χ2v) is 6.85. The van der Waals surface area contributed by atoms with Crippen LogP contribution >= 0.6 is 0 Å². The Morgan fingerprint density at radius 1 is 1.38 bits per heavy atom. The van der Waals surface area contributed by atoms with Gasteiger partial charge in [0.05, 0.1) is 19.0 Å². The number of ether oxygens (including phenoxy) is 1. The zero-order chi connectivity index (χ0) is 14.9. The fourth-order valence-electron chi connectivity index (χ4n) is 2.34. The van der Waals surface area contributed by atoms with Gasteiger partial charge in [0.15, 0.2) is 5.03 Å². The summed E-state index contributed by atoms with van der Waals surface area (Å²) < 4.78 is 34.0. The molecule has 1 aliphatic rings. The van der Waals surface area contributed by atoms with E-state index >= 15 is 0 Å². The summed E-state index contributed by atoms with van der Waals surface area (Å²) in [7, 11) is -1.85. The number of sulfonamides is 1. The van der Waals surface area contributed by atoms with Gasteiger partial charge in [0.25, 0.3) is 10.0 Å². The van der Waals surface area contributed by atoms with Crippen molar-refractivity contribution in [3.8, 4) is 0 Å². The van der Waals surface area contributed by atoms with Crippen molar-refractivity contribution in [1.82, 2.24) is 14.3 Å². The van der Waals surface area contributed by atoms with Crippen LogP contribution in [-0.2, 0) is 34.8 Å². The lowest BCUT2D eigenvalue weighted by Gasteiger charge is -2.25. The fourth-order valence-corrected chi connectivity index (χ4v) is 3.39.